The maximum Gasteiger partial charge on any atom is 0.225 e. The molecule has 0 radical (unpaired) electrons. The molecule has 130 valence electrons. The van der Waals surface area contributed by atoms with Crippen molar-refractivity contribution in [1.82, 2.24) is 9.38 Å². The van der Waals surface area contributed by atoms with Gasteiger partial charge in [0.05, 0.1) is 11.4 Å². The average Bonchev–Trinajstić information content (AvgIpc) is 2.98. The Kier molecular flexibility index (Phi) is 4.14. The third-order valence-electron chi connectivity index (χ3n) is 4.56. The number of carbonyl (C=O) groups is 1. The van der Waals surface area contributed by atoms with E-state index in [0.717, 1.165) is 28.3 Å². The summed E-state index contributed by atoms with van der Waals surface area (Å²) in [7, 11) is 0. The van der Waals surface area contributed by atoms with Crippen LogP contribution in [0.15, 0.2) is 60.8 Å². The molecular weight excluding hydrogens is 324 g/mol. The second-order valence-electron chi connectivity index (χ2n) is 6.31. The number of nitrogens with zero attached hydrogens (tertiary/aromatic N) is 2. The molecule has 3 N–H and O–H groups in total. The summed E-state index contributed by atoms with van der Waals surface area (Å²) >= 11 is 0. The normalized spacial score (nSPS) is 11.2. The van der Waals surface area contributed by atoms with Gasteiger partial charge in [-0.25, -0.2) is 4.98 Å². The van der Waals surface area contributed by atoms with Crippen LogP contribution in [0.2, 0.25) is 0 Å². The zero-order valence-electron chi connectivity index (χ0n) is 14.6. The van der Waals surface area contributed by atoms with Crippen LogP contribution in [-0.4, -0.2) is 21.8 Å². The number of rotatable bonds is 4. The van der Waals surface area contributed by atoms with Gasteiger partial charge in [0.1, 0.15) is 5.65 Å². The molecule has 0 atom stereocenters. The first-order valence-electron chi connectivity index (χ1n) is 8.64. The molecular formula is C21H20N4O. The average molecular weight is 344 g/mol. The fraction of sp³-hybridized carbons (Fsp3) is 0.143. The fourth-order valence-electron chi connectivity index (χ4n) is 3.28. The number of carbonyl (C=O) groups excluding carboxylic acids is 1. The Hall–Kier alpha value is -3.18. The summed E-state index contributed by atoms with van der Waals surface area (Å²) in [6, 6.07) is 18.3. The molecule has 2 aromatic heterocycles. The van der Waals surface area contributed by atoms with E-state index < -0.39 is 0 Å². The number of nitrogens with one attached hydrogen (secondary N) is 1. The molecule has 26 heavy (non-hydrogen) atoms. The maximum absolute atomic E-state index is 11.8. The van der Waals surface area contributed by atoms with E-state index in [4.69, 9.17) is 10.7 Å². The van der Waals surface area contributed by atoms with E-state index in [0.29, 0.717) is 13.0 Å². The first kappa shape index (κ1) is 16.3. The third-order valence-corrected chi connectivity index (χ3v) is 4.56. The topological polar surface area (TPSA) is 72.4 Å². The quantitative estimate of drug-likeness (QED) is 0.592. The Morgan fingerprint density at radius 3 is 2.77 bits per heavy atom. The van der Waals surface area contributed by atoms with Crippen molar-refractivity contribution >= 4 is 28.0 Å². The van der Waals surface area contributed by atoms with Crippen LogP contribution in [0, 0.1) is 6.92 Å². The second-order valence-corrected chi connectivity index (χ2v) is 6.31. The lowest BCUT2D eigenvalue weighted by Gasteiger charge is -2.06. The summed E-state index contributed by atoms with van der Waals surface area (Å²) in [4.78, 5) is 16.6. The fourth-order valence-corrected chi connectivity index (χ4v) is 3.28. The van der Waals surface area contributed by atoms with E-state index in [1.807, 2.05) is 41.8 Å². The van der Waals surface area contributed by atoms with Crippen molar-refractivity contribution in [1.29, 1.82) is 0 Å². The summed E-state index contributed by atoms with van der Waals surface area (Å²) < 4.78 is 2.01. The number of aryl methyl sites for hydroxylation is 1. The van der Waals surface area contributed by atoms with Crippen molar-refractivity contribution in [2.75, 3.05) is 11.9 Å². The van der Waals surface area contributed by atoms with Gasteiger partial charge < -0.3 is 15.5 Å². The minimum Gasteiger partial charge on any atom is -0.330 e. The molecule has 5 nitrogen and oxygen atoms in total. The number of hydrogen-bond acceptors (Lipinski definition) is 3. The molecule has 5 heteroatoms. The lowest BCUT2D eigenvalue weighted by Crippen LogP contribution is -2.16. The first-order chi connectivity index (χ1) is 12.7. The molecule has 0 spiro atoms. The highest BCUT2D eigenvalue weighted by molar-refractivity contribution is 5.96. The molecule has 0 bridgehead atoms. The zero-order chi connectivity index (χ0) is 18.1. The lowest BCUT2D eigenvalue weighted by atomic mass is 10.0. The van der Waals surface area contributed by atoms with Crippen LogP contribution < -0.4 is 11.1 Å². The molecule has 0 aliphatic carbocycles. The van der Waals surface area contributed by atoms with Crippen molar-refractivity contribution in [3.8, 4) is 11.3 Å². The minimum atomic E-state index is -0.0844. The third kappa shape index (κ3) is 2.82. The molecule has 4 aromatic rings. The maximum atomic E-state index is 11.8. The summed E-state index contributed by atoms with van der Waals surface area (Å²) in [5.41, 5.74) is 10.1. The number of amides is 1. The van der Waals surface area contributed by atoms with Crippen LogP contribution in [0.25, 0.3) is 27.7 Å². The van der Waals surface area contributed by atoms with Crippen LogP contribution in [0.3, 0.4) is 0 Å². The van der Waals surface area contributed by atoms with Gasteiger partial charge in [-0.05, 0) is 29.8 Å². The predicted octanol–water partition coefficient (Wildman–Crippen LogP) is 3.75. The zero-order valence-corrected chi connectivity index (χ0v) is 14.6. The van der Waals surface area contributed by atoms with E-state index in [2.05, 4.69) is 35.6 Å². The standard InChI is InChI=1S/C21H20N4O/c1-14-21(18-8-4-6-15-5-2-3-7-17(15)18)24-19-10-9-16(13-25(14)19)23-20(26)11-12-22/h2-10,13H,11-12,22H2,1H3,(H,23,26). The molecule has 2 heterocycles. The number of nitrogens with two attached hydrogens (primary N) is 1. The molecule has 1 amide bonds. The van der Waals surface area contributed by atoms with Crippen molar-refractivity contribution in [3.63, 3.8) is 0 Å². The number of fused-ring (bicyclic) bond motifs is 2. The Morgan fingerprint density at radius 1 is 1.12 bits per heavy atom. The van der Waals surface area contributed by atoms with Crippen molar-refractivity contribution in [2.45, 2.75) is 13.3 Å². The van der Waals surface area contributed by atoms with Crippen LogP contribution in [0.5, 0.6) is 0 Å². The highest BCUT2D eigenvalue weighted by Crippen LogP contribution is 2.31. The summed E-state index contributed by atoms with van der Waals surface area (Å²) in [5, 5.41) is 5.24. The van der Waals surface area contributed by atoms with Gasteiger partial charge >= 0.3 is 0 Å². The molecule has 4 rings (SSSR count). The van der Waals surface area contributed by atoms with Gasteiger partial charge in [-0.2, -0.15) is 0 Å². The largest absolute Gasteiger partial charge is 0.330 e. The first-order valence-corrected chi connectivity index (χ1v) is 8.64. The van der Waals surface area contributed by atoms with Crippen molar-refractivity contribution in [3.05, 3.63) is 66.5 Å². The number of anilines is 1. The molecule has 0 fully saturated rings. The van der Waals surface area contributed by atoms with Gasteiger partial charge in [0.25, 0.3) is 0 Å². The van der Waals surface area contributed by atoms with E-state index >= 15 is 0 Å². The van der Waals surface area contributed by atoms with Gasteiger partial charge in [-0.3, -0.25) is 4.79 Å². The van der Waals surface area contributed by atoms with E-state index in [-0.39, 0.29) is 5.91 Å². The summed E-state index contributed by atoms with van der Waals surface area (Å²) in [6.45, 7) is 2.38. The minimum absolute atomic E-state index is 0.0844. The summed E-state index contributed by atoms with van der Waals surface area (Å²) in [6.07, 6.45) is 2.21. The van der Waals surface area contributed by atoms with E-state index in [9.17, 15) is 4.79 Å². The Labute approximate surface area is 151 Å². The van der Waals surface area contributed by atoms with Crippen LogP contribution in [0.1, 0.15) is 12.1 Å². The van der Waals surface area contributed by atoms with Gasteiger partial charge in [-0.15, -0.1) is 0 Å². The number of hydrogen-bond donors (Lipinski definition) is 2. The van der Waals surface area contributed by atoms with Gasteiger partial charge in [0.15, 0.2) is 0 Å². The molecule has 0 unspecified atom stereocenters. The number of imidazole rings is 1. The smallest absolute Gasteiger partial charge is 0.225 e. The van der Waals surface area contributed by atoms with Crippen LogP contribution >= 0.6 is 0 Å². The van der Waals surface area contributed by atoms with Crippen molar-refractivity contribution < 1.29 is 4.79 Å². The molecule has 0 aliphatic rings. The predicted molar refractivity (Wildman–Crippen MR) is 105 cm³/mol. The Balaban J connectivity index is 1.81. The van der Waals surface area contributed by atoms with Crippen LogP contribution in [0.4, 0.5) is 5.69 Å². The van der Waals surface area contributed by atoms with Crippen LogP contribution in [-0.2, 0) is 4.79 Å². The van der Waals surface area contributed by atoms with Gasteiger partial charge in [0, 0.05) is 30.4 Å². The van der Waals surface area contributed by atoms with Gasteiger partial charge in [-0.1, -0.05) is 42.5 Å². The lowest BCUT2D eigenvalue weighted by molar-refractivity contribution is -0.116. The highest BCUT2D eigenvalue weighted by Gasteiger charge is 2.13. The van der Waals surface area contributed by atoms with E-state index in [1.165, 1.54) is 10.8 Å². The Morgan fingerprint density at radius 2 is 1.92 bits per heavy atom. The SMILES string of the molecule is Cc1c(-c2cccc3ccccc23)nc2ccc(NC(=O)CCN)cn12. The number of benzene rings is 2. The van der Waals surface area contributed by atoms with Crippen molar-refractivity contribution in [2.24, 2.45) is 5.73 Å². The van der Waals surface area contributed by atoms with E-state index in [1.54, 1.807) is 0 Å². The molecule has 0 saturated heterocycles. The monoisotopic (exact) mass is 344 g/mol. The number of aromatic nitrogens is 2. The molecule has 2 aromatic carbocycles. The Bertz CT molecular complexity index is 1110. The number of pyridine rings is 1. The van der Waals surface area contributed by atoms with Gasteiger partial charge in [0.2, 0.25) is 5.91 Å². The highest BCUT2D eigenvalue weighted by atomic mass is 16.1. The molecule has 0 saturated carbocycles. The summed E-state index contributed by atoms with van der Waals surface area (Å²) in [5.74, 6) is -0.0844. The molecule has 0 aliphatic heterocycles. The second kappa shape index (κ2) is 6.61.